The number of epoxide rings is 1. The van der Waals surface area contributed by atoms with Gasteiger partial charge in [-0.15, -0.1) is 11.3 Å². The second-order valence-corrected chi connectivity index (χ2v) is 9.22. The molecular weight excluding hydrogens is 346 g/mol. The van der Waals surface area contributed by atoms with Crippen molar-refractivity contribution in [3.8, 4) is 0 Å². The van der Waals surface area contributed by atoms with Crippen LogP contribution >= 0.6 is 11.3 Å². The zero-order valence-corrected chi connectivity index (χ0v) is 16.5. The van der Waals surface area contributed by atoms with E-state index in [0.29, 0.717) is 6.54 Å². The third-order valence-corrected chi connectivity index (χ3v) is 7.17. The van der Waals surface area contributed by atoms with Gasteiger partial charge < -0.3 is 14.8 Å². The normalized spacial score (nSPS) is 36.7. The number of carbonyl (C=O) groups is 1. The molecule has 0 spiro atoms. The molecule has 26 heavy (non-hydrogen) atoms. The molecule has 5 heteroatoms. The zero-order chi connectivity index (χ0) is 18.1. The van der Waals surface area contributed by atoms with Crippen LogP contribution in [0.25, 0.3) is 0 Å². The number of carbonyl (C=O) groups excluding carboxylic acids is 1. The van der Waals surface area contributed by atoms with E-state index in [0.717, 1.165) is 38.6 Å². The SMILES string of the molecule is CC1=CCC[C@@]2(C)O[C@H]2[C@H]2OC(=O)[C@@H](CNCCc3cccs3)[C@@H]2CC1. The smallest absolute Gasteiger partial charge is 0.311 e. The van der Waals surface area contributed by atoms with E-state index >= 15 is 0 Å². The molecular formula is C21H29NO3S. The molecule has 1 aromatic heterocycles. The van der Waals surface area contributed by atoms with Crippen molar-refractivity contribution >= 4 is 17.3 Å². The lowest BCUT2D eigenvalue weighted by Crippen LogP contribution is -2.34. The van der Waals surface area contributed by atoms with Crippen molar-refractivity contribution in [3.05, 3.63) is 34.0 Å². The number of ether oxygens (including phenoxy) is 2. The van der Waals surface area contributed by atoms with Gasteiger partial charge in [-0.25, -0.2) is 0 Å². The summed E-state index contributed by atoms with van der Waals surface area (Å²) in [6.07, 6.45) is 7.49. The van der Waals surface area contributed by atoms with Gasteiger partial charge in [0.05, 0.1) is 11.5 Å². The second kappa shape index (κ2) is 7.45. The predicted molar refractivity (Wildman–Crippen MR) is 103 cm³/mol. The average Bonchev–Trinajstić information content (AvgIpc) is 2.96. The Morgan fingerprint density at radius 2 is 2.31 bits per heavy atom. The first-order valence-electron chi connectivity index (χ1n) is 9.84. The van der Waals surface area contributed by atoms with Crippen LogP contribution in [-0.4, -0.2) is 36.9 Å². The third-order valence-electron chi connectivity index (χ3n) is 6.23. The highest BCUT2D eigenvalue weighted by Gasteiger charge is 2.62. The van der Waals surface area contributed by atoms with Gasteiger partial charge >= 0.3 is 5.97 Å². The first-order valence-corrected chi connectivity index (χ1v) is 10.7. The largest absolute Gasteiger partial charge is 0.459 e. The predicted octanol–water partition coefficient (Wildman–Crippen LogP) is 3.72. The van der Waals surface area contributed by atoms with Crippen molar-refractivity contribution < 1.29 is 14.3 Å². The molecule has 0 radical (unpaired) electrons. The Morgan fingerprint density at radius 1 is 1.42 bits per heavy atom. The van der Waals surface area contributed by atoms with Crippen LogP contribution in [0.15, 0.2) is 29.2 Å². The molecule has 1 N–H and O–H groups in total. The Balaban J connectivity index is 1.39. The second-order valence-electron chi connectivity index (χ2n) is 8.18. The summed E-state index contributed by atoms with van der Waals surface area (Å²) in [6, 6.07) is 4.25. The number of rotatable bonds is 5. The van der Waals surface area contributed by atoms with Crippen molar-refractivity contribution in [2.75, 3.05) is 13.1 Å². The Bertz CT molecular complexity index is 671. The van der Waals surface area contributed by atoms with Gasteiger partial charge in [0.2, 0.25) is 0 Å². The fourth-order valence-corrected chi connectivity index (χ4v) is 5.21. The van der Waals surface area contributed by atoms with Crippen LogP contribution in [0.3, 0.4) is 0 Å². The molecule has 1 aliphatic carbocycles. The van der Waals surface area contributed by atoms with Gasteiger partial charge in [0, 0.05) is 17.3 Å². The van der Waals surface area contributed by atoms with Gasteiger partial charge in [0.1, 0.15) is 12.2 Å². The Kier molecular flexibility index (Phi) is 5.22. The maximum Gasteiger partial charge on any atom is 0.311 e. The van der Waals surface area contributed by atoms with Gasteiger partial charge in [-0.05, 0) is 63.9 Å². The van der Waals surface area contributed by atoms with Crippen LogP contribution in [0.1, 0.15) is 44.4 Å². The van der Waals surface area contributed by atoms with E-state index in [1.54, 1.807) is 11.3 Å². The fourth-order valence-electron chi connectivity index (χ4n) is 4.50. The topological polar surface area (TPSA) is 50.9 Å². The summed E-state index contributed by atoms with van der Waals surface area (Å²) in [5.41, 5.74) is 1.31. The third kappa shape index (κ3) is 3.75. The number of nitrogens with one attached hydrogen (secondary N) is 1. The lowest BCUT2D eigenvalue weighted by molar-refractivity contribution is -0.144. The fraction of sp³-hybridized carbons (Fsp3) is 0.667. The van der Waals surface area contributed by atoms with Crippen LogP contribution in [0.5, 0.6) is 0 Å². The zero-order valence-electron chi connectivity index (χ0n) is 15.7. The molecule has 0 bridgehead atoms. The summed E-state index contributed by atoms with van der Waals surface area (Å²) in [4.78, 5) is 14.0. The molecule has 2 saturated heterocycles. The summed E-state index contributed by atoms with van der Waals surface area (Å²) in [6.45, 7) is 5.98. The maximum absolute atomic E-state index is 12.6. The van der Waals surface area contributed by atoms with Crippen molar-refractivity contribution in [1.82, 2.24) is 5.32 Å². The van der Waals surface area contributed by atoms with E-state index in [1.165, 1.54) is 10.5 Å². The number of thiophene rings is 1. The standard InChI is InChI=1S/C21H29NO3S/c1-14-5-3-10-21(2)19(25-21)18-16(8-7-14)17(20(23)24-18)13-22-11-9-15-6-4-12-26-15/h4-6,12,16-19,22H,3,7-11,13H2,1-2H3/t16-,17-,18-,19-,21+/m0/s1. The summed E-state index contributed by atoms with van der Waals surface area (Å²) >= 11 is 1.78. The summed E-state index contributed by atoms with van der Waals surface area (Å²) < 4.78 is 11.9. The first kappa shape index (κ1) is 18.2. The summed E-state index contributed by atoms with van der Waals surface area (Å²) in [5, 5.41) is 5.60. The molecule has 1 aromatic rings. The Morgan fingerprint density at radius 3 is 3.12 bits per heavy atom. The molecule has 2 aliphatic heterocycles. The monoisotopic (exact) mass is 375 g/mol. The van der Waals surface area contributed by atoms with E-state index < -0.39 is 0 Å². The maximum atomic E-state index is 12.6. The molecule has 0 unspecified atom stereocenters. The number of fused-ring (bicyclic) bond motifs is 3. The molecule has 0 saturated carbocycles. The van der Waals surface area contributed by atoms with Crippen LogP contribution in [-0.2, 0) is 20.7 Å². The minimum absolute atomic E-state index is 0.0395. The molecule has 2 fully saturated rings. The number of hydrogen-bond acceptors (Lipinski definition) is 5. The summed E-state index contributed by atoms with van der Waals surface area (Å²) in [5.74, 6) is 0.163. The molecule has 0 aromatic carbocycles. The molecule has 3 aliphatic rings. The van der Waals surface area contributed by atoms with Gasteiger partial charge in [0.25, 0.3) is 0 Å². The van der Waals surface area contributed by atoms with Crippen molar-refractivity contribution in [2.24, 2.45) is 11.8 Å². The average molecular weight is 376 g/mol. The van der Waals surface area contributed by atoms with Crippen molar-refractivity contribution in [1.29, 1.82) is 0 Å². The van der Waals surface area contributed by atoms with Crippen molar-refractivity contribution in [3.63, 3.8) is 0 Å². The minimum Gasteiger partial charge on any atom is -0.459 e. The molecule has 142 valence electrons. The minimum atomic E-state index is -0.112. The highest BCUT2D eigenvalue weighted by Crippen LogP contribution is 2.50. The Hall–Kier alpha value is -1.17. The number of hydrogen-bond donors (Lipinski definition) is 1. The number of allylic oxidation sites excluding steroid dienone is 2. The van der Waals surface area contributed by atoms with Crippen molar-refractivity contribution in [2.45, 2.75) is 63.8 Å². The van der Waals surface area contributed by atoms with Crippen LogP contribution in [0.4, 0.5) is 0 Å². The van der Waals surface area contributed by atoms with Gasteiger partial charge in [0.15, 0.2) is 0 Å². The molecule has 3 heterocycles. The molecule has 4 rings (SSSR count). The van der Waals surface area contributed by atoms with E-state index in [2.05, 4.69) is 42.8 Å². The van der Waals surface area contributed by atoms with Crippen LogP contribution in [0.2, 0.25) is 0 Å². The van der Waals surface area contributed by atoms with Gasteiger partial charge in [-0.1, -0.05) is 17.7 Å². The van der Waals surface area contributed by atoms with E-state index in [-0.39, 0.29) is 35.6 Å². The highest BCUT2D eigenvalue weighted by molar-refractivity contribution is 7.09. The Labute approximate surface area is 160 Å². The van der Waals surface area contributed by atoms with E-state index in [9.17, 15) is 4.79 Å². The van der Waals surface area contributed by atoms with Crippen LogP contribution in [0, 0.1) is 11.8 Å². The van der Waals surface area contributed by atoms with Gasteiger partial charge in [-0.3, -0.25) is 4.79 Å². The lowest BCUT2D eigenvalue weighted by Gasteiger charge is -2.22. The molecule has 4 nitrogen and oxygen atoms in total. The first-order chi connectivity index (χ1) is 12.6. The van der Waals surface area contributed by atoms with Gasteiger partial charge in [-0.2, -0.15) is 0 Å². The van der Waals surface area contributed by atoms with Crippen LogP contribution < -0.4 is 5.32 Å². The van der Waals surface area contributed by atoms with E-state index in [1.807, 2.05) is 0 Å². The molecule has 5 atom stereocenters. The summed E-state index contributed by atoms with van der Waals surface area (Å²) in [7, 11) is 0. The van der Waals surface area contributed by atoms with E-state index in [4.69, 9.17) is 9.47 Å². The highest BCUT2D eigenvalue weighted by atomic mass is 32.1. The molecule has 0 amide bonds. The quantitative estimate of drug-likeness (QED) is 0.369. The number of esters is 1. The lowest BCUT2D eigenvalue weighted by atomic mass is 9.80.